The van der Waals surface area contributed by atoms with Crippen LogP contribution in [0.4, 0.5) is 10.2 Å². The lowest BCUT2D eigenvalue weighted by molar-refractivity contribution is -0.145. The number of aliphatic hydroxyl groups excluding tert-OH is 1. The van der Waals surface area contributed by atoms with Crippen molar-refractivity contribution in [2.75, 3.05) is 18.9 Å². The van der Waals surface area contributed by atoms with Crippen molar-refractivity contribution in [3.63, 3.8) is 0 Å². The van der Waals surface area contributed by atoms with Crippen molar-refractivity contribution in [1.82, 2.24) is 24.6 Å². The highest BCUT2D eigenvalue weighted by Crippen LogP contribution is 2.48. The molecule has 0 bridgehead atoms. The van der Waals surface area contributed by atoms with Crippen LogP contribution in [0.15, 0.2) is 36.7 Å². The number of para-hydroxylation sites is 1. The van der Waals surface area contributed by atoms with Gasteiger partial charge in [0, 0.05) is 6.42 Å². The lowest BCUT2D eigenvalue weighted by Crippen LogP contribution is -2.43. The molecule has 1 aromatic carbocycles. The Balaban J connectivity index is 1.27. The Labute approximate surface area is 299 Å². The summed E-state index contributed by atoms with van der Waals surface area (Å²) in [5.74, 6) is 1.82. The van der Waals surface area contributed by atoms with Gasteiger partial charge in [-0.25, -0.2) is 9.55 Å². The minimum atomic E-state index is -4.33. The first kappa shape index (κ1) is 40.2. The molecule has 4 N–H and O–H groups in total. The quantitative estimate of drug-likeness (QED) is 0.0300. The van der Waals surface area contributed by atoms with E-state index in [1.165, 1.54) is 75.6 Å². The van der Waals surface area contributed by atoms with Gasteiger partial charge in [0.05, 0.1) is 12.9 Å². The molecule has 1 aliphatic rings. The van der Waals surface area contributed by atoms with Crippen molar-refractivity contribution in [1.29, 1.82) is 0 Å². The fraction of sp³-hybridized carbons (Fsp3) is 0.611. The third-order valence-corrected chi connectivity index (χ3v) is 10.5. The number of nitrogen functional groups attached to an aromatic ring is 1. The molecule has 3 heterocycles. The molecule has 2 aromatic heterocycles. The summed E-state index contributed by atoms with van der Waals surface area (Å²) in [6.45, 7) is 3.36. The zero-order valence-electron chi connectivity index (χ0n) is 29.7. The predicted molar refractivity (Wildman–Crippen MR) is 192 cm³/mol. The van der Waals surface area contributed by atoms with E-state index in [0.717, 1.165) is 25.7 Å². The van der Waals surface area contributed by atoms with Crippen molar-refractivity contribution < 1.29 is 37.4 Å². The molecular formula is C36H52FN6O7P. The fourth-order valence-corrected chi connectivity index (χ4v) is 7.46. The molecule has 0 aliphatic carbocycles. The van der Waals surface area contributed by atoms with E-state index < -0.39 is 50.4 Å². The third kappa shape index (κ3) is 11.7. The molecule has 4 rings (SSSR count). The van der Waals surface area contributed by atoms with Gasteiger partial charge in [0.1, 0.15) is 30.7 Å². The van der Waals surface area contributed by atoms with Gasteiger partial charge in [-0.05, 0) is 25.5 Å². The zero-order valence-corrected chi connectivity index (χ0v) is 30.6. The molecule has 0 unspecified atom stereocenters. The summed E-state index contributed by atoms with van der Waals surface area (Å²) in [5, 5.41) is 13.7. The maximum atomic E-state index is 14.1. The standard InChI is InChI=1S/C36H52FN6O7P/c1-4-6-7-8-9-10-11-12-13-14-15-16-20-23-47-34(45)27(3)42-51(46,50-28-21-18-17-19-22-28)48-25-36(5-2)29(44)24-30(49-36)43-26-39-31-32(38)40-35(37)41-33(31)43/h2,17-19,21-22,26-27,29-30,44H,4,6-16,20,23-25H2,1,3H3,(H,42,46)(H2,38,40,41)/t27-,29-,30+,36+,51+/m0/s1. The van der Waals surface area contributed by atoms with Crippen LogP contribution in [0.1, 0.15) is 110 Å². The van der Waals surface area contributed by atoms with Gasteiger partial charge in [0.25, 0.3) is 0 Å². The topological polar surface area (TPSA) is 173 Å². The normalized spacial score (nSPS) is 20.5. The van der Waals surface area contributed by atoms with Gasteiger partial charge in [-0.2, -0.15) is 19.4 Å². The smallest absolute Gasteiger partial charge is 0.459 e. The lowest BCUT2D eigenvalue weighted by atomic mass is 9.99. The summed E-state index contributed by atoms with van der Waals surface area (Å²) in [6, 6.07) is 7.17. The number of imidazole rings is 1. The van der Waals surface area contributed by atoms with E-state index in [-0.39, 0.29) is 35.8 Å². The number of nitrogens with one attached hydrogen (secondary N) is 1. The number of esters is 1. The van der Waals surface area contributed by atoms with E-state index in [2.05, 4.69) is 32.9 Å². The Hall–Kier alpha value is -3.60. The molecule has 0 radical (unpaired) electrons. The number of aromatic nitrogens is 4. The summed E-state index contributed by atoms with van der Waals surface area (Å²) in [5.41, 5.74) is 4.15. The maximum Gasteiger partial charge on any atom is 0.459 e. The Morgan fingerprint density at radius 2 is 1.75 bits per heavy atom. The molecule has 51 heavy (non-hydrogen) atoms. The number of ether oxygens (including phenoxy) is 2. The summed E-state index contributed by atoms with van der Waals surface area (Å²) in [6.07, 6.45) is 19.4. The second-order valence-electron chi connectivity index (χ2n) is 13.0. The predicted octanol–water partition coefficient (Wildman–Crippen LogP) is 7.02. The molecular weight excluding hydrogens is 678 g/mol. The zero-order chi connectivity index (χ0) is 36.7. The number of carbonyl (C=O) groups excluding carboxylic acids is 1. The highest BCUT2D eigenvalue weighted by Gasteiger charge is 2.50. The maximum absolute atomic E-state index is 14.1. The summed E-state index contributed by atoms with van der Waals surface area (Å²) < 4.78 is 52.5. The highest BCUT2D eigenvalue weighted by atomic mass is 31.2. The van der Waals surface area contributed by atoms with Crippen LogP contribution in [0.25, 0.3) is 11.2 Å². The number of unbranched alkanes of at least 4 members (excludes halogenated alkanes) is 12. The van der Waals surface area contributed by atoms with Crippen LogP contribution >= 0.6 is 7.75 Å². The van der Waals surface area contributed by atoms with Crippen LogP contribution < -0.4 is 15.3 Å². The number of aliphatic hydroxyl groups is 1. The molecule has 1 aliphatic heterocycles. The van der Waals surface area contributed by atoms with Gasteiger partial charge < -0.3 is 24.8 Å². The lowest BCUT2D eigenvalue weighted by Gasteiger charge is -2.29. The minimum absolute atomic E-state index is 0.0387. The second-order valence-corrected chi connectivity index (χ2v) is 14.7. The number of anilines is 1. The average molecular weight is 731 g/mol. The van der Waals surface area contributed by atoms with Crippen LogP contribution in [-0.2, 0) is 23.4 Å². The van der Waals surface area contributed by atoms with E-state index in [1.807, 2.05) is 0 Å². The first-order valence-electron chi connectivity index (χ1n) is 18.0. The van der Waals surface area contributed by atoms with Crippen molar-refractivity contribution in [2.45, 2.75) is 128 Å². The minimum Gasteiger partial charge on any atom is -0.465 e. The van der Waals surface area contributed by atoms with Gasteiger partial charge >= 0.3 is 19.8 Å². The molecule has 0 saturated carbocycles. The first-order valence-corrected chi connectivity index (χ1v) is 19.6. The number of hydrogen-bond acceptors (Lipinski definition) is 11. The van der Waals surface area contributed by atoms with Crippen molar-refractivity contribution in [3.05, 3.63) is 42.7 Å². The van der Waals surface area contributed by atoms with Gasteiger partial charge in [-0.3, -0.25) is 13.9 Å². The first-order chi connectivity index (χ1) is 24.6. The van der Waals surface area contributed by atoms with Crippen molar-refractivity contribution >= 4 is 30.7 Å². The molecule has 1 fully saturated rings. The number of nitrogens with zero attached hydrogens (tertiary/aromatic N) is 4. The molecule has 13 nitrogen and oxygen atoms in total. The van der Waals surface area contributed by atoms with Gasteiger partial charge in [-0.15, -0.1) is 6.42 Å². The fourth-order valence-electron chi connectivity index (χ4n) is 5.94. The van der Waals surface area contributed by atoms with E-state index >= 15 is 0 Å². The number of hydrogen-bond donors (Lipinski definition) is 3. The SMILES string of the molecule is C#C[C@]1(CO[P@](=O)(N[C@@H](C)C(=O)OCCCCCCCCCCCCCCC)Oc2ccccc2)O[C@@H](n2cnc3c(N)nc(F)nc32)C[C@@H]1O. The summed E-state index contributed by atoms with van der Waals surface area (Å²) in [7, 11) is -4.33. The van der Waals surface area contributed by atoms with Crippen LogP contribution in [-0.4, -0.2) is 61.6 Å². The number of halogens is 1. The van der Waals surface area contributed by atoms with Crippen LogP contribution in [0.3, 0.4) is 0 Å². The number of nitrogens with two attached hydrogens (primary N) is 1. The monoisotopic (exact) mass is 730 g/mol. The number of terminal acetylenes is 1. The Kier molecular flexibility index (Phi) is 15.6. The summed E-state index contributed by atoms with van der Waals surface area (Å²) >= 11 is 0. The number of rotatable bonds is 23. The highest BCUT2D eigenvalue weighted by molar-refractivity contribution is 7.52. The number of carbonyl (C=O) groups is 1. The Morgan fingerprint density at radius 3 is 2.37 bits per heavy atom. The van der Waals surface area contributed by atoms with E-state index in [1.54, 1.807) is 30.3 Å². The van der Waals surface area contributed by atoms with Gasteiger partial charge in [0.15, 0.2) is 22.6 Å². The Morgan fingerprint density at radius 1 is 1.12 bits per heavy atom. The molecule has 280 valence electrons. The largest absolute Gasteiger partial charge is 0.465 e. The van der Waals surface area contributed by atoms with E-state index in [4.69, 9.17) is 30.7 Å². The molecule has 0 amide bonds. The van der Waals surface area contributed by atoms with Gasteiger partial charge in [0.2, 0.25) is 0 Å². The second kappa shape index (κ2) is 19.9. The van der Waals surface area contributed by atoms with E-state index in [0.29, 0.717) is 0 Å². The van der Waals surface area contributed by atoms with Crippen molar-refractivity contribution in [3.8, 4) is 18.1 Å². The van der Waals surface area contributed by atoms with E-state index in [9.17, 15) is 18.9 Å². The molecule has 5 atom stereocenters. The summed E-state index contributed by atoms with van der Waals surface area (Å²) in [4.78, 5) is 24.2. The number of fused-ring (bicyclic) bond motifs is 1. The average Bonchev–Trinajstić information content (AvgIpc) is 3.68. The molecule has 0 spiro atoms. The number of benzene rings is 1. The van der Waals surface area contributed by atoms with Crippen LogP contribution in [0, 0.1) is 18.4 Å². The van der Waals surface area contributed by atoms with Gasteiger partial charge in [-0.1, -0.05) is 108 Å². The van der Waals surface area contributed by atoms with Crippen LogP contribution in [0.5, 0.6) is 5.75 Å². The van der Waals surface area contributed by atoms with Crippen molar-refractivity contribution in [2.24, 2.45) is 0 Å². The molecule has 1 saturated heterocycles. The molecule has 3 aromatic rings. The molecule has 15 heteroatoms. The third-order valence-electron chi connectivity index (χ3n) is 8.90. The Bertz CT molecular complexity index is 1620. The van der Waals surface area contributed by atoms with Crippen LogP contribution in [0.2, 0.25) is 0 Å².